The van der Waals surface area contributed by atoms with Gasteiger partial charge in [0.2, 0.25) is 0 Å². The highest BCUT2D eigenvalue weighted by atomic mass is 32.2. The molecule has 1 amide bonds. The van der Waals surface area contributed by atoms with Crippen LogP contribution in [0.25, 0.3) is 11.1 Å². The van der Waals surface area contributed by atoms with Crippen LogP contribution in [-0.4, -0.2) is 11.7 Å². The van der Waals surface area contributed by atoms with E-state index < -0.39 is 0 Å². The highest BCUT2D eigenvalue weighted by Crippen LogP contribution is 2.23. The second-order valence-corrected chi connectivity index (χ2v) is 6.95. The van der Waals surface area contributed by atoms with Crippen molar-refractivity contribution < 1.29 is 4.79 Å². The molecule has 0 saturated heterocycles. The van der Waals surface area contributed by atoms with E-state index in [9.17, 15) is 4.79 Å². The molecule has 0 saturated carbocycles. The summed E-state index contributed by atoms with van der Waals surface area (Å²) >= 11 is 1.72. The molecule has 0 radical (unpaired) electrons. The molecule has 0 aliphatic carbocycles. The third kappa shape index (κ3) is 4.43. The smallest absolute Gasteiger partial charge is 0.255 e. The largest absolute Gasteiger partial charge is 0.399 e. The summed E-state index contributed by atoms with van der Waals surface area (Å²) in [5.74, 6) is 0.885. The van der Waals surface area contributed by atoms with Crippen LogP contribution in [0.3, 0.4) is 0 Å². The maximum atomic E-state index is 12.4. The highest BCUT2D eigenvalue weighted by Gasteiger charge is 2.07. The lowest BCUT2D eigenvalue weighted by Gasteiger charge is -2.08. The van der Waals surface area contributed by atoms with Crippen LogP contribution in [0.4, 0.5) is 11.4 Å². The Labute approximate surface area is 152 Å². The van der Waals surface area contributed by atoms with E-state index in [1.165, 1.54) is 0 Å². The fraction of sp³-hybridized carbons (Fsp3) is 0.0952. The monoisotopic (exact) mass is 348 g/mol. The molecule has 3 aromatic carbocycles. The van der Waals surface area contributed by atoms with Crippen LogP contribution >= 0.6 is 11.8 Å². The summed E-state index contributed by atoms with van der Waals surface area (Å²) in [5, 5.41) is 2.95. The molecule has 0 aliphatic rings. The van der Waals surface area contributed by atoms with Crippen LogP contribution in [0.2, 0.25) is 0 Å². The van der Waals surface area contributed by atoms with Crippen LogP contribution in [0.5, 0.6) is 0 Å². The molecule has 0 unspecified atom stereocenters. The number of amides is 1. The molecule has 0 heterocycles. The highest BCUT2D eigenvalue weighted by molar-refractivity contribution is 7.99. The van der Waals surface area contributed by atoms with Gasteiger partial charge in [0.15, 0.2) is 0 Å². The lowest BCUT2D eigenvalue weighted by molar-refractivity contribution is 0.102. The maximum absolute atomic E-state index is 12.4. The van der Waals surface area contributed by atoms with E-state index in [1.54, 1.807) is 11.8 Å². The Morgan fingerprint density at radius 1 is 0.960 bits per heavy atom. The molecule has 3 rings (SSSR count). The number of anilines is 2. The molecule has 0 aliphatic heterocycles. The van der Waals surface area contributed by atoms with Gasteiger partial charge < -0.3 is 11.1 Å². The molecule has 3 nitrogen and oxygen atoms in total. The number of hydrogen-bond acceptors (Lipinski definition) is 3. The number of nitrogen functional groups attached to an aromatic ring is 1. The van der Waals surface area contributed by atoms with Gasteiger partial charge >= 0.3 is 0 Å². The molecule has 0 aromatic heterocycles. The van der Waals surface area contributed by atoms with Crippen molar-refractivity contribution in [3.63, 3.8) is 0 Å². The Bertz CT molecular complexity index is 858. The number of thioether (sulfide) groups is 1. The number of nitrogens with one attached hydrogen (secondary N) is 1. The Morgan fingerprint density at radius 3 is 2.24 bits per heavy atom. The summed E-state index contributed by atoms with van der Waals surface area (Å²) in [6, 6.07) is 23.2. The van der Waals surface area contributed by atoms with E-state index in [0.717, 1.165) is 33.2 Å². The van der Waals surface area contributed by atoms with E-state index in [-0.39, 0.29) is 5.91 Å². The molecule has 25 heavy (non-hydrogen) atoms. The number of carbonyl (C=O) groups excluding carboxylic acids is 1. The predicted molar refractivity (Wildman–Crippen MR) is 107 cm³/mol. The molecule has 4 heteroatoms. The van der Waals surface area contributed by atoms with Crippen LogP contribution in [0.15, 0.2) is 77.7 Å². The Balaban J connectivity index is 1.71. The third-order valence-electron chi connectivity index (χ3n) is 3.79. The fourth-order valence-electron chi connectivity index (χ4n) is 2.52. The Morgan fingerprint density at radius 2 is 1.60 bits per heavy atom. The summed E-state index contributed by atoms with van der Waals surface area (Å²) in [7, 11) is 0. The third-order valence-corrected chi connectivity index (χ3v) is 4.67. The molecule has 3 aromatic rings. The van der Waals surface area contributed by atoms with Crippen molar-refractivity contribution in [3.05, 3.63) is 78.4 Å². The van der Waals surface area contributed by atoms with Crippen LogP contribution in [0, 0.1) is 0 Å². The molecular formula is C21H20N2OS. The van der Waals surface area contributed by atoms with Crippen molar-refractivity contribution >= 4 is 29.0 Å². The molecule has 0 spiro atoms. The second-order valence-electron chi connectivity index (χ2n) is 5.61. The van der Waals surface area contributed by atoms with E-state index >= 15 is 0 Å². The quantitative estimate of drug-likeness (QED) is 0.486. The van der Waals surface area contributed by atoms with Gasteiger partial charge in [-0.05, 0) is 59.3 Å². The second kappa shape index (κ2) is 7.90. The molecule has 3 N–H and O–H groups in total. The van der Waals surface area contributed by atoms with Gasteiger partial charge in [0.05, 0.1) is 0 Å². The van der Waals surface area contributed by atoms with Gasteiger partial charge in [-0.15, -0.1) is 11.8 Å². The first-order valence-corrected chi connectivity index (χ1v) is 9.14. The Kier molecular flexibility index (Phi) is 5.41. The number of rotatable bonds is 5. The maximum Gasteiger partial charge on any atom is 0.255 e. The van der Waals surface area contributed by atoms with Crippen molar-refractivity contribution in [2.24, 2.45) is 0 Å². The summed E-state index contributed by atoms with van der Waals surface area (Å²) in [6.45, 7) is 2.10. The number of benzene rings is 3. The summed E-state index contributed by atoms with van der Waals surface area (Å²) in [5.41, 5.74) is 10.1. The minimum absolute atomic E-state index is 0.0983. The van der Waals surface area contributed by atoms with Crippen molar-refractivity contribution in [1.29, 1.82) is 0 Å². The topological polar surface area (TPSA) is 55.1 Å². The minimum atomic E-state index is -0.0983. The molecule has 0 fully saturated rings. The summed E-state index contributed by atoms with van der Waals surface area (Å²) in [6.07, 6.45) is 0. The van der Waals surface area contributed by atoms with Gasteiger partial charge in [0, 0.05) is 21.8 Å². The van der Waals surface area contributed by atoms with E-state index in [4.69, 9.17) is 5.73 Å². The molecule has 0 bridgehead atoms. The first-order valence-electron chi connectivity index (χ1n) is 8.16. The average molecular weight is 348 g/mol. The van der Waals surface area contributed by atoms with Crippen molar-refractivity contribution in [2.75, 3.05) is 16.8 Å². The lowest BCUT2D eigenvalue weighted by Crippen LogP contribution is -2.11. The van der Waals surface area contributed by atoms with Crippen LogP contribution < -0.4 is 11.1 Å². The first kappa shape index (κ1) is 17.1. The van der Waals surface area contributed by atoms with E-state index in [2.05, 4.69) is 12.2 Å². The minimum Gasteiger partial charge on any atom is -0.399 e. The van der Waals surface area contributed by atoms with Crippen molar-refractivity contribution in [3.8, 4) is 11.1 Å². The van der Waals surface area contributed by atoms with Gasteiger partial charge in [-0.1, -0.05) is 37.3 Å². The van der Waals surface area contributed by atoms with Gasteiger partial charge in [-0.25, -0.2) is 0 Å². The Hall–Kier alpha value is -2.72. The van der Waals surface area contributed by atoms with E-state index in [0.29, 0.717) is 5.56 Å². The van der Waals surface area contributed by atoms with E-state index in [1.807, 2.05) is 72.8 Å². The van der Waals surface area contributed by atoms with Gasteiger partial charge in [0.1, 0.15) is 0 Å². The standard InChI is InChI=1S/C21H20N2OS/c1-2-25-20-5-3-4-17(14-20)21(24)23-19-12-8-16(9-13-19)15-6-10-18(22)11-7-15/h3-14H,2,22H2,1H3,(H,23,24). The summed E-state index contributed by atoms with van der Waals surface area (Å²) in [4.78, 5) is 13.5. The normalized spacial score (nSPS) is 10.4. The lowest BCUT2D eigenvalue weighted by atomic mass is 10.1. The number of nitrogens with two attached hydrogens (primary N) is 1. The fourth-order valence-corrected chi connectivity index (χ4v) is 3.24. The summed E-state index contributed by atoms with van der Waals surface area (Å²) < 4.78 is 0. The zero-order valence-corrected chi connectivity index (χ0v) is 14.8. The van der Waals surface area contributed by atoms with Crippen LogP contribution in [-0.2, 0) is 0 Å². The predicted octanol–water partition coefficient (Wildman–Crippen LogP) is 5.30. The average Bonchev–Trinajstić information content (AvgIpc) is 2.64. The zero-order chi connectivity index (χ0) is 17.6. The molecule has 126 valence electrons. The SMILES string of the molecule is CCSc1cccc(C(=O)Nc2ccc(-c3ccc(N)cc3)cc2)c1. The van der Waals surface area contributed by atoms with Crippen molar-refractivity contribution in [1.82, 2.24) is 0 Å². The van der Waals surface area contributed by atoms with Gasteiger partial charge in [0.25, 0.3) is 5.91 Å². The number of carbonyl (C=O) groups is 1. The molecule has 0 atom stereocenters. The van der Waals surface area contributed by atoms with Crippen molar-refractivity contribution in [2.45, 2.75) is 11.8 Å². The zero-order valence-electron chi connectivity index (χ0n) is 14.0. The van der Waals surface area contributed by atoms with Gasteiger partial charge in [-0.2, -0.15) is 0 Å². The van der Waals surface area contributed by atoms with Crippen LogP contribution in [0.1, 0.15) is 17.3 Å². The molecular weight excluding hydrogens is 328 g/mol. The number of hydrogen-bond donors (Lipinski definition) is 2. The first-order chi connectivity index (χ1) is 12.2. The van der Waals surface area contributed by atoms with Gasteiger partial charge in [-0.3, -0.25) is 4.79 Å².